The first-order valence-corrected chi connectivity index (χ1v) is 10.4. The van der Waals surface area contributed by atoms with Crippen molar-refractivity contribution in [2.45, 2.75) is 13.0 Å². The van der Waals surface area contributed by atoms with Crippen molar-refractivity contribution in [3.05, 3.63) is 100 Å². The Morgan fingerprint density at radius 1 is 1.00 bits per heavy atom. The third kappa shape index (κ3) is 5.22. The lowest BCUT2D eigenvalue weighted by Crippen LogP contribution is -2.34. The summed E-state index contributed by atoms with van der Waals surface area (Å²) in [7, 11) is 0. The maximum absolute atomic E-state index is 12.9. The Morgan fingerprint density at radius 3 is 2.39 bits per heavy atom. The van der Waals surface area contributed by atoms with Crippen molar-refractivity contribution in [3.8, 4) is 17.2 Å². The molecule has 168 valence electrons. The highest BCUT2D eigenvalue weighted by Crippen LogP contribution is 2.27. The van der Waals surface area contributed by atoms with Crippen molar-refractivity contribution in [2.75, 3.05) is 13.2 Å². The highest BCUT2D eigenvalue weighted by molar-refractivity contribution is 5.80. The highest BCUT2D eigenvalue weighted by atomic mass is 16.5. The van der Waals surface area contributed by atoms with E-state index in [9.17, 15) is 14.7 Å². The largest absolute Gasteiger partial charge is 0.484 e. The van der Waals surface area contributed by atoms with Crippen molar-refractivity contribution in [1.82, 2.24) is 5.32 Å². The van der Waals surface area contributed by atoms with Crippen LogP contribution in [-0.2, 0) is 4.79 Å². The van der Waals surface area contributed by atoms with E-state index in [2.05, 4.69) is 5.32 Å². The van der Waals surface area contributed by atoms with Gasteiger partial charge in [-0.2, -0.15) is 0 Å². The number of benzene rings is 3. The van der Waals surface area contributed by atoms with Crippen LogP contribution in [0.15, 0.2) is 88.1 Å². The zero-order valence-corrected chi connectivity index (χ0v) is 18.0. The number of carbonyl (C=O) groups excluding carboxylic acids is 1. The van der Waals surface area contributed by atoms with Crippen LogP contribution in [-0.4, -0.2) is 24.2 Å². The Morgan fingerprint density at radius 2 is 1.70 bits per heavy atom. The zero-order chi connectivity index (χ0) is 23.2. The molecule has 7 nitrogen and oxygen atoms in total. The molecule has 0 radical (unpaired) electrons. The van der Waals surface area contributed by atoms with Crippen LogP contribution in [0.3, 0.4) is 0 Å². The molecule has 7 heteroatoms. The van der Waals surface area contributed by atoms with E-state index >= 15 is 0 Å². The Balaban J connectivity index is 1.46. The third-order valence-corrected chi connectivity index (χ3v) is 5.04. The summed E-state index contributed by atoms with van der Waals surface area (Å²) in [5.74, 6) is 0.979. The van der Waals surface area contributed by atoms with Gasteiger partial charge in [0, 0.05) is 6.07 Å². The monoisotopic (exact) mass is 445 g/mol. The van der Waals surface area contributed by atoms with Gasteiger partial charge in [-0.25, -0.2) is 0 Å². The second-order valence-corrected chi connectivity index (χ2v) is 7.39. The number of aliphatic hydroxyl groups excluding tert-OH is 1. The molecule has 3 aromatic carbocycles. The number of hydrogen-bond donors (Lipinski definition) is 2. The molecule has 0 aliphatic heterocycles. The minimum absolute atomic E-state index is 0.123. The average Bonchev–Trinajstić information content (AvgIpc) is 2.85. The summed E-state index contributed by atoms with van der Waals surface area (Å²) in [6, 6.07) is 22.4. The lowest BCUT2D eigenvalue weighted by atomic mass is 10.1. The van der Waals surface area contributed by atoms with Crippen LogP contribution in [0.5, 0.6) is 17.2 Å². The Kier molecular flexibility index (Phi) is 6.71. The van der Waals surface area contributed by atoms with Crippen LogP contribution in [0.25, 0.3) is 11.0 Å². The Labute approximate surface area is 190 Å². The number of para-hydroxylation sites is 1. The van der Waals surface area contributed by atoms with Crippen molar-refractivity contribution in [3.63, 3.8) is 0 Å². The minimum atomic E-state index is -0.525. The van der Waals surface area contributed by atoms with Crippen LogP contribution in [0.4, 0.5) is 0 Å². The molecule has 0 aliphatic carbocycles. The lowest BCUT2D eigenvalue weighted by Gasteiger charge is -2.17. The Hall–Kier alpha value is -4.10. The molecule has 1 heterocycles. The van der Waals surface area contributed by atoms with Crippen LogP contribution in [0.1, 0.15) is 17.4 Å². The standard InChI is InChI=1S/C26H23NO6/c1-17-26(33-19-10-6-3-7-11-19)25(30)21-13-12-20(14-23(21)32-17)31-16-24(29)27-22(15-28)18-8-4-2-5-9-18/h2-14,22,28H,15-16H2,1H3,(H,27,29). The van der Waals surface area contributed by atoms with Gasteiger partial charge in [0.15, 0.2) is 6.61 Å². The molecular formula is C26H23NO6. The van der Waals surface area contributed by atoms with Crippen molar-refractivity contribution in [1.29, 1.82) is 0 Å². The third-order valence-electron chi connectivity index (χ3n) is 5.04. The van der Waals surface area contributed by atoms with Gasteiger partial charge in [-0.05, 0) is 36.8 Å². The Bertz CT molecular complexity index is 1300. The maximum atomic E-state index is 12.9. The zero-order valence-electron chi connectivity index (χ0n) is 18.0. The summed E-state index contributed by atoms with van der Waals surface area (Å²) in [6.45, 7) is 1.16. The molecule has 4 rings (SSSR count). The maximum Gasteiger partial charge on any atom is 0.258 e. The number of ether oxygens (including phenoxy) is 2. The van der Waals surface area contributed by atoms with Crippen molar-refractivity contribution >= 4 is 16.9 Å². The molecule has 0 spiro atoms. The minimum Gasteiger partial charge on any atom is -0.484 e. The molecule has 1 amide bonds. The fourth-order valence-electron chi connectivity index (χ4n) is 3.39. The fourth-order valence-corrected chi connectivity index (χ4v) is 3.39. The smallest absolute Gasteiger partial charge is 0.258 e. The normalized spacial score (nSPS) is 11.7. The van der Waals surface area contributed by atoms with E-state index in [0.29, 0.717) is 28.2 Å². The first-order chi connectivity index (χ1) is 16.0. The SMILES string of the molecule is Cc1oc2cc(OCC(=O)NC(CO)c3ccccc3)ccc2c(=O)c1Oc1ccccc1. The van der Waals surface area contributed by atoms with Crippen LogP contribution >= 0.6 is 0 Å². The molecule has 0 saturated carbocycles. The molecule has 33 heavy (non-hydrogen) atoms. The quantitative estimate of drug-likeness (QED) is 0.423. The van der Waals surface area contributed by atoms with E-state index in [-0.39, 0.29) is 30.3 Å². The summed E-state index contributed by atoms with van der Waals surface area (Å²) in [4.78, 5) is 25.2. The molecule has 0 fully saturated rings. The van der Waals surface area contributed by atoms with Gasteiger partial charge in [0.1, 0.15) is 22.8 Å². The molecule has 1 atom stereocenters. The number of fused-ring (bicyclic) bond motifs is 1. The fraction of sp³-hybridized carbons (Fsp3) is 0.154. The molecule has 1 unspecified atom stereocenters. The van der Waals surface area contributed by atoms with Crippen molar-refractivity contribution < 1.29 is 23.8 Å². The lowest BCUT2D eigenvalue weighted by molar-refractivity contribution is -0.124. The van der Waals surface area contributed by atoms with E-state index in [1.807, 2.05) is 48.5 Å². The number of carbonyl (C=O) groups is 1. The number of rotatable bonds is 8. The molecule has 0 aliphatic rings. The predicted octanol–water partition coefficient (Wildman–Crippen LogP) is 4.12. The van der Waals surface area contributed by atoms with E-state index in [1.165, 1.54) is 0 Å². The molecule has 2 N–H and O–H groups in total. The topological polar surface area (TPSA) is 98.0 Å². The summed E-state index contributed by atoms with van der Waals surface area (Å²) in [5, 5.41) is 12.7. The summed E-state index contributed by atoms with van der Waals surface area (Å²) < 4.78 is 17.1. The molecule has 0 bridgehead atoms. The highest BCUT2D eigenvalue weighted by Gasteiger charge is 2.16. The number of aliphatic hydroxyl groups is 1. The molecule has 0 saturated heterocycles. The van der Waals surface area contributed by atoms with Crippen LogP contribution in [0, 0.1) is 6.92 Å². The number of aryl methyl sites for hydroxylation is 1. The van der Waals surface area contributed by atoms with E-state index < -0.39 is 6.04 Å². The summed E-state index contributed by atoms with van der Waals surface area (Å²) >= 11 is 0. The van der Waals surface area contributed by atoms with Gasteiger partial charge in [-0.1, -0.05) is 48.5 Å². The summed E-state index contributed by atoms with van der Waals surface area (Å²) in [5.41, 5.74) is 0.828. The van der Waals surface area contributed by atoms with Crippen LogP contribution < -0.4 is 20.2 Å². The average molecular weight is 445 g/mol. The van der Waals surface area contributed by atoms with Gasteiger partial charge in [-0.15, -0.1) is 0 Å². The summed E-state index contributed by atoms with van der Waals surface area (Å²) in [6.07, 6.45) is 0. The van der Waals surface area contributed by atoms with E-state index in [0.717, 1.165) is 5.56 Å². The first-order valence-electron chi connectivity index (χ1n) is 10.4. The first kappa shape index (κ1) is 22.1. The van der Waals surface area contributed by atoms with E-state index in [4.69, 9.17) is 13.9 Å². The van der Waals surface area contributed by atoms with Gasteiger partial charge in [0.2, 0.25) is 11.2 Å². The van der Waals surface area contributed by atoms with Crippen molar-refractivity contribution in [2.24, 2.45) is 0 Å². The number of nitrogens with one attached hydrogen (secondary N) is 1. The molecule has 1 aromatic heterocycles. The van der Waals surface area contributed by atoms with Gasteiger partial charge in [0.05, 0.1) is 18.0 Å². The molecular weight excluding hydrogens is 422 g/mol. The van der Waals surface area contributed by atoms with Gasteiger partial charge < -0.3 is 24.3 Å². The predicted molar refractivity (Wildman–Crippen MR) is 124 cm³/mol. The van der Waals surface area contributed by atoms with E-state index in [1.54, 1.807) is 37.3 Å². The van der Waals surface area contributed by atoms with Crippen LogP contribution in [0.2, 0.25) is 0 Å². The van der Waals surface area contributed by atoms with Gasteiger partial charge >= 0.3 is 0 Å². The number of amides is 1. The number of hydrogen-bond acceptors (Lipinski definition) is 6. The second kappa shape index (κ2) is 10.0. The van der Waals surface area contributed by atoms with Gasteiger partial charge in [0.25, 0.3) is 5.91 Å². The second-order valence-electron chi connectivity index (χ2n) is 7.39. The molecule has 4 aromatic rings. The van der Waals surface area contributed by atoms with Gasteiger partial charge in [-0.3, -0.25) is 9.59 Å².